The molecule has 1 aliphatic heterocycles. The van der Waals surface area contributed by atoms with Crippen LogP contribution in [-0.4, -0.2) is 44.2 Å². The van der Waals surface area contributed by atoms with E-state index in [1.54, 1.807) is 6.92 Å². The maximum absolute atomic E-state index is 11.8. The summed E-state index contributed by atoms with van der Waals surface area (Å²) in [6.07, 6.45) is 1.35. The van der Waals surface area contributed by atoms with Crippen LogP contribution < -0.4 is 4.72 Å². The van der Waals surface area contributed by atoms with E-state index < -0.39 is 15.3 Å². The molecule has 0 spiro atoms. The first kappa shape index (κ1) is 15.4. The second-order valence-electron chi connectivity index (χ2n) is 5.16. The van der Waals surface area contributed by atoms with Crippen molar-refractivity contribution in [2.75, 3.05) is 19.6 Å². The SMILES string of the molecule is CCC(C#N)S(=O)(=O)NCC1CCN(C(C)C)C1. The molecule has 6 heteroatoms. The Balaban J connectivity index is 2.45. The van der Waals surface area contributed by atoms with E-state index in [4.69, 9.17) is 5.26 Å². The molecule has 5 nitrogen and oxygen atoms in total. The molecule has 1 heterocycles. The Kier molecular flexibility index (Phi) is 5.57. The van der Waals surface area contributed by atoms with Crippen LogP contribution in [0.5, 0.6) is 0 Å². The summed E-state index contributed by atoms with van der Waals surface area (Å²) < 4.78 is 26.2. The molecule has 0 bridgehead atoms. The van der Waals surface area contributed by atoms with Gasteiger partial charge in [-0.15, -0.1) is 0 Å². The molecule has 0 aromatic heterocycles. The zero-order chi connectivity index (χ0) is 13.8. The Bertz CT molecular complexity index is 400. The topological polar surface area (TPSA) is 73.2 Å². The molecule has 0 radical (unpaired) electrons. The maximum Gasteiger partial charge on any atom is 0.227 e. The molecule has 2 atom stereocenters. The molecule has 0 aromatic carbocycles. The number of likely N-dealkylation sites (tertiary alicyclic amines) is 1. The lowest BCUT2D eigenvalue weighted by Gasteiger charge is -2.20. The van der Waals surface area contributed by atoms with Gasteiger partial charge < -0.3 is 4.90 Å². The van der Waals surface area contributed by atoms with E-state index in [0.717, 1.165) is 19.5 Å². The van der Waals surface area contributed by atoms with Gasteiger partial charge in [-0.05, 0) is 39.2 Å². The van der Waals surface area contributed by atoms with Crippen LogP contribution in [0.15, 0.2) is 0 Å². The molecule has 1 rings (SSSR count). The average Bonchev–Trinajstić information content (AvgIpc) is 2.76. The zero-order valence-electron chi connectivity index (χ0n) is 11.4. The summed E-state index contributed by atoms with van der Waals surface area (Å²) in [6.45, 7) is 8.42. The number of hydrogen-bond donors (Lipinski definition) is 1. The number of nitrogens with zero attached hydrogens (tertiary/aromatic N) is 2. The van der Waals surface area contributed by atoms with Gasteiger partial charge in [0.05, 0.1) is 6.07 Å². The Morgan fingerprint density at radius 2 is 2.17 bits per heavy atom. The minimum Gasteiger partial charge on any atom is -0.301 e. The predicted octanol–water partition coefficient (Wildman–Crippen LogP) is 0.938. The molecule has 18 heavy (non-hydrogen) atoms. The molecule has 0 aromatic rings. The number of rotatable bonds is 6. The first-order valence-electron chi connectivity index (χ1n) is 6.52. The van der Waals surface area contributed by atoms with Crippen LogP contribution in [0.25, 0.3) is 0 Å². The molecule has 104 valence electrons. The lowest BCUT2D eigenvalue weighted by Crippen LogP contribution is -2.37. The van der Waals surface area contributed by atoms with E-state index in [0.29, 0.717) is 24.9 Å². The first-order valence-corrected chi connectivity index (χ1v) is 8.07. The molecule has 0 aliphatic carbocycles. The summed E-state index contributed by atoms with van der Waals surface area (Å²) in [5, 5.41) is 7.86. The van der Waals surface area contributed by atoms with Crippen molar-refractivity contribution in [3.63, 3.8) is 0 Å². The van der Waals surface area contributed by atoms with E-state index >= 15 is 0 Å². The largest absolute Gasteiger partial charge is 0.301 e. The highest BCUT2D eigenvalue weighted by molar-refractivity contribution is 7.90. The molecular weight excluding hydrogens is 250 g/mol. The van der Waals surface area contributed by atoms with Crippen molar-refractivity contribution >= 4 is 10.0 Å². The lowest BCUT2D eigenvalue weighted by molar-refractivity contribution is 0.265. The van der Waals surface area contributed by atoms with Crippen LogP contribution in [0.1, 0.15) is 33.6 Å². The number of sulfonamides is 1. The van der Waals surface area contributed by atoms with Crippen LogP contribution in [0, 0.1) is 17.2 Å². The Morgan fingerprint density at radius 1 is 1.50 bits per heavy atom. The summed E-state index contributed by atoms with van der Waals surface area (Å²) >= 11 is 0. The molecular formula is C12H23N3O2S. The summed E-state index contributed by atoms with van der Waals surface area (Å²) in [6, 6.07) is 2.34. The van der Waals surface area contributed by atoms with E-state index in [-0.39, 0.29) is 0 Å². The van der Waals surface area contributed by atoms with Gasteiger partial charge in [0.1, 0.15) is 0 Å². The van der Waals surface area contributed by atoms with Gasteiger partial charge >= 0.3 is 0 Å². The molecule has 0 amide bonds. The first-order chi connectivity index (χ1) is 8.40. The van der Waals surface area contributed by atoms with Crippen LogP contribution in [-0.2, 0) is 10.0 Å². The van der Waals surface area contributed by atoms with Gasteiger partial charge in [-0.2, -0.15) is 5.26 Å². The number of hydrogen-bond acceptors (Lipinski definition) is 4. The Hall–Kier alpha value is -0.640. The van der Waals surface area contributed by atoms with E-state index in [9.17, 15) is 8.42 Å². The van der Waals surface area contributed by atoms with Crippen molar-refractivity contribution in [3.8, 4) is 6.07 Å². The second-order valence-corrected chi connectivity index (χ2v) is 7.11. The summed E-state index contributed by atoms with van der Waals surface area (Å²) in [4.78, 5) is 2.35. The van der Waals surface area contributed by atoms with Crippen molar-refractivity contribution < 1.29 is 8.42 Å². The van der Waals surface area contributed by atoms with Gasteiger partial charge in [0.25, 0.3) is 0 Å². The fourth-order valence-corrected chi connectivity index (χ4v) is 3.46. The zero-order valence-corrected chi connectivity index (χ0v) is 12.2. The van der Waals surface area contributed by atoms with Gasteiger partial charge in [0, 0.05) is 19.1 Å². The lowest BCUT2D eigenvalue weighted by atomic mass is 10.1. The second kappa shape index (κ2) is 6.50. The Morgan fingerprint density at radius 3 is 2.61 bits per heavy atom. The highest BCUT2D eigenvalue weighted by atomic mass is 32.2. The van der Waals surface area contributed by atoms with Crippen LogP contribution in [0.3, 0.4) is 0 Å². The molecule has 1 N–H and O–H groups in total. The third-order valence-corrected chi connectivity index (χ3v) is 5.27. The molecule has 1 aliphatic rings. The monoisotopic (exact) mass is 273 g/mol. The van der Waals surface area contributed by atoms with Crippen molar-refractivity contribution in [2.24, 2.45) is 5.92 Å². The summed E-state index contributed by atoms with van der Waals surface area (Å²) in [5.41, 5.74) is 0. The minimum absolute atomic E-state index is 0.328. The highest BCUT2D eigenvalue weighted by Gasteiger charge is 2.28. The molecule has 0 saturated carbocycles. The minimum atomic E-state index is -3.48. The smallest absolute Gasteiger partial charge is 0.227 e. The fraction of sp³-hybridized carbons (Fsp3) is 0.917. The van der Waals surface area contributed by atoms with Crippen molar-refractivity contribution in [1.29, 1.82) is 5.26 Å². The quantitative estimate of drug-likeness (QED) is 0.781. The highest BCUT2D eigenvalue weighted by Crippen LogP contribution is 2.18. The summed E-state index contributed by atoms with van der Waals surface area (Å²) in [7, 11) is -3.48. The maximum atomic E-state index is 11.8. The average molecular weight is 273 g/mol. The molecule has 2 unspecified atom stereocenters. The Labute approximate surface area is 110 Å². The normalized spacial score (nSPS) is 23.2. The third kappa shape index (κ3) is 3.94. The predicted molar refractivity (Wildman–Crippen MR) is 71.4 cm³/mol. The van der Waals surface area contributed by atoms with Crippen molar-refractivity contribution in [2.45, 2.75) is 44.9 Å². The van der Waals surface area contributed by atoms with Crippen molar-refractivity contribution in [3.05, 3.63) is 0 Å². The third-order valence-electron chi connectivity index (χ3n) is 3.51. The van der Waals surface area contributed by atoms with E-state index in [2.05, 4.69) is 23.5 Å². The van der Waals surface area contributed by atoms with Gasteiger partial charge in [-0.1, -0.05) is 6.92 Å². The van der Waals surface area contributed by atoms with E-state index in [1.165, 1.54) is 0 Å². The van der Waals surface area contributed by atoms with Gasteiger partial charge in [-0.25, -0.2) is 13.1 Å². The van der Waals surface area contributed by atoms with Gasteiger partial charge in [0.2, 0.25) is 10.0 Å². The van der Waals surface area contributed by atoms with Gasteiger partial charge in [-0.3, -0.25) is 0 Å². The van der Waals surface area contributed by atoms with Gasteiger partial charge in [0.15, 0.2) is 5.25 Å². The number of nitriles is 1. The molecule has 1 fully saturated rings. The summed E-state index contributed by atoms with van der Waals surface area (Å²) in [5.74, 6) is 0.360. The van der Waals surface area contributed by atoms with E-state index in [1.807, 2.05) is 6.07 Å². The number of nitrogens with one attached hydrogen (secondary N) is 1. The van der Waals surface area contributed by atoms with Crippen LogP contribution >= 0.6 is 0 Å². The van der Waals surface area contributed by atoms with Crippen molar-refractivity contribution in [1.82, 2.24) is 9.62 Å². The standard InChI is InChI=1S/C12H23N3O2S/c1-4-12(7-13)18(16,17)14-8-11-5-6-15(9-11)10(2)3/h10-12,14H,4-6,8-9H2,1-3H3. The van der Waals surface area contributed by atoms with Crippen LogP contribution in [0.4, 0.5) is 0 Å². The fourth-order valence-electron chi connectivity index (χ4n) is 2.21. The van der Waals surface area contributed by atoms with Crippen LogP contribution in [0.2, 0.25) is 0 Å². The molecule has 1 saturated heterocycles.